The average molecular weight is 661 g/mol. The minimum Gasteiger partial charge on any atom is -0.475 e. The molecule has 1 aliphatic heterocycles. The lowest BCUT2D eigenvalue weighted by molar-refractivity contribution is -0.192. The number of fused-ring (bicyclic) bond motifs is 1. The van der Waals surface area contributed by atoms with Crippen LogP contribution >= 0.6 is 0 Å². The van der Waals surface area contributed by atoms with E-state index < -0.39 is 65.9 Å². The maximum absolute atomic E-state index is 13.7. The Hall–Kier alpha value is -4.42. The van der Waals surface area contributed by atoms with Crippen molar-refractivity contribution in [1.82, 2.24) is 19.4 Å². The Morgan fingerprint density at radius 3 is 2.16 bits per heavy atom. The Labute approximate surface area is 246 Å². The first-order valence-corrected chi connectivity index (χ1v) is 15.3. The molecule has 0 bridgehead atoms. The van der Waals surface area contributed by atoms with Gasteiger partial charge in [-0.05, 0) is 41.8 Å². The minimum atomic E-state index is -5.08. The number of sulfonamides is 2. The number of nitrogens with one attached hydrogen (secondary N) is 3. The van der Waals surface area contributed by atoms with E-state index in [0.29, 0.717) is 40.4 Å². The number of para-hydroxylation sites is 2. The molecule has 1 amide bonds. The highest BCUT2D eigenvalue weighted by Crippen LogP contribution is 2.31. The number of halogens is 5. The highest BCUT2D eigenvalue weighted by molar-refractivity contribution is 7.90. The number of hydrogen-bond donors (Lipinski definition) is 4. The van der Waals surface area contributed by atoms with Crippen LogP contribution in [-0.2, 0) is 36.1 Å². The summed E-state index contributed by atoms with van der Waals surface area (Å²) >= 11 is 0. The van der Waals surface area contributed by atoms with Crippen LogP contribution in [0.2, 0.25) is 0 Å². The summed E-state index contributed by atoms with van der Waals surface area (Å²) in [6.07, 6.45) is -5.20. The third-order valence-electron chi connectivity index (χ3n) is 6.22. The van der Waals surface area contributed by atoms with E-state index in [9.17, 15) is 43.6 Å². The van der Waals surface area contributed by atoms with Crippen LogP contribution in [0, 0.1) is 11.6 Å². The summed E-state index contributed by atoms with van der Waals surface area (Å²) < 4.78 is 114. The van der Waals surface area contributed by atoms with Crippen molar-refractivity contribution in [1.29, 1.82) is 0 Å². The van der Waals surface area contributed by atoms with Gasteiger partial charge in [-0.25, -0.2) is 40.1 Å². The lowest BCUT2D eigenvalue weighted by Crippen LogP contribution is -2.31. The van der Waals surface area contributed by atoms with Gasteiger partial charge in [0, 0.05) is 6.07 Å². The normalized spacial score (nSPS) is 17.0. The molecule has 44 heavy (non-hydrogen) atoms. The number of hydrogen-bond acceptors (Lipinski definition) is 7. The molecule has 2 atom stereocenters. The molecule has 4 N–H and O–H groups in total. The average Bonchev–Trinajstić information content (AvgIpc) is 3.47. The Bertz CT molecular complexity index is 1880. The van der Waals surface area contributed by atoms with Crippen molar-refractivity contribution in [3.05, 3.63) is 95.3 Å². The third-order valence-corrected chi connectivity index (χ3v) is 9.37. The van der Waals surface area contributed by atoms with E-state index in [1.54, 1.807) is 48.5 Å². The summed E-state index contributed by atoms with van der Waals surface area (Å²) in [5.41, 5.74) is 2.30. The van der Waals surface area contributed by atoms with Gasteiger partial charge in [-0.2, -0.15) is 13.2 Å². The molecule has 0 spiro atoms. The summed E-state index contributed by atoms with van der Waals surface area (Å²) in [6, 6.07) is 14.5. The molecule has 11 nitrogen and oxygen atoms in total. The van der Waals surface area contributed by atoms with Gasteiger partial charge in [-0.15, -0.1) is 0 Å². The molecule has 0 saturated carbocycles. The van der Waals surface area contributed by atoms with Crippen molar-refractivity contribution in [2.75, 3.05) is 0 Å². The van der Waals surface area contributed by atoms with E-state index in [0.717, 1.165) is 0 Å². The number of carboxylic acid groups (broad SMARTS) is 1. The van der Waals surface area contributed by atoms with Crippen LogP contribution in [0.1, 0.15) is 34.7 Å². The Morgan fingerprint density at radius 2 is 1.64 bits per heavy atom. The molecule has 234 valence electrons. The van der Waals surface area contributed by atoms with Crippen molar-refractivity contribution in [3.8, 4) is 0 Å². The quantitative estimate of drug-likeness (QED) is 0.217. The van der Waals surface area contributed by atoms with Gasteiger partial charge in [0.1, 0.15) is 22.7 Å². The first kappa shape index (κ1) is 32.5. The number of aromatic nitrogens is 2. The number of H-pyrrole nitrogens is 1. The molecule has 1 aliphatic rings. The molecule has 2 heterocycles. The largest absolute Gasteiger partial charge is 0.490 e. The van der Waals surface area contributed by atoms with Gasteiger partial charge in [-0.3, -0.25) is 9.52 Å². The Kier molecular flexibility index (Phi) is 9.08. The van der Waals surface area contributed by atoms with Crippen molar-refractivity contribution in [2.24, 2.45) is 0 Å². The zero-order valence-electron chi connectivity index (χ0n) is 22.0. The molecule has 4 aromatic rings. The second-order valence-electron chi connectivity index (χ2n) is 9.43. The van der Waals surface area contributed by atoms with E-state index >= 15 is 0 Å². The van der Waals surface area contributed by atoms with Crippen LogP contribution in [0.4, 0.5) is 22.0 Å². The molecule has 0 radical (unpaired) electrons. The topological polar surface area (TPSA) is 175 Å². The van der Waals surface area contributed by atoms with Crippen molar-refractivity contribution >= 4 is 43.0 Å². The summed E-state index contributed by atoms with van der Waals surface area (Å²) in [7, 11) is -8.18. The highest BCUT2D eigenvalue weighted by atomic mass is 32.2. The number of aromatic amines is 1. The molecule has 3 aromatic carbocycles. The lowest BCUT2D eigenvalue weighted by atomic mass is 10.0. The van der Waals surface area contributed by atoms with Gasteiger partial charge in [-0.1, -0.05) is 36.4 Å². The summed E-state index contributed by atoms with van der Waals surface area (Å²) in [5, 5.41) is 6.11. The van der Waals surface area contributed by atoms with Gasteiger partial charge in [0.25, 0.3) is 0 Å². The number of carbonyl (C=O) groups excluding carboxylic acids is 1. The number of aliphatic carboxylic acids is 1. The van der Waals surface area contributed by atoms with Crippen molar-refractivity contribution in [2.45, 2.75) is 35.2 Å². The zero-order chi connectivity index (χ0) is 32.4. The van der Waals surface area contributed by atoms with Crippen molar-refractivity contribution < 1.29 is 53.5 Å². The summed E-state index contributed by atoms with van der Waals surface area (Å²) in [6.45, 7) is 0. The van der Waals surface area contributed by atoms with E-state index in [4.69, 9.17) is 9.90 Å². The van der Waals surface area contributed by atoms with Gasteiger partial charge in [0.15, 0.2) is 0 Å². The number of amides is 1. The molecule has 18 heteroatoms. The van der Waals surface area contributed by atoms with Gasteiger partial charge in [0.2, 0.25) is 26.0 Å². The molecule has 1 saturated heterocycles. The third kappa shape index (κ3) is 7.74. The van der Waals surface area contributed by atoms with Crippen LogP contribution in [0.15, 0.2) is 71.6 Å². The van der Waals surface area contributed by atoms with Gasteiger partial charge < -0.3 is 10.1 Å². The second kappa shape index (κ2) is 12.3. The number of alkyl halides is 3. The fraction of sp³-hybridized carbons (Fsp3) is 0.192. The van der Waals surface area contributed by atoms with Crippen LogP contribution in [0.3, 0.4) is 0 Å². The number of benzene rings is 3. The minimum absolute atomic E-state index is 0.0751. The number of nitrogens with zero attached hydrogens (tertiary/aromatic N) is 1. The van der Waals surface area contributed by atoms with Crippen LogP contribution in [-0.4, -0.2) is 50.0 Å². The molecule has 0 aliphatic carbocycles. The Morgan fingerprint density at radius 1 is 1.05 bits per heavy atom. The SMILES string of the molecule is O=C(O)C(F)(F)F.O=C1CC(c2ccc(C[C@H](NS(=O)(=O)c3cc(F)cc(F)c3)c3nc4ccccc4[nH]3)cc2)S(=O)(=O)N1. The van der Waals surface area contributed by atoms with Crippen LogP contribution in [0.25, 0.3) is 11.0 Å². The standard InChI is InChI=1S/C24H20F2N4O5S2.C2HF3O2/c25-16-10-17(26)12-18(11-16)36(32,33)29-21(24-27-19-3-1-2-4-20(19)28-24)9-14-5-7-15(8-6-14)22-13-23(31)30-37(22,34)35;3-2(4,5)1(6)7/h1-8,10-12,21-22,29H,9,13H2,(H,27,28)(H,30,31);(H,6,7)/t21-,22?;/m0./s1. The van der Waals surface area contributed by atoms with Crippen molar-refractivity contribution in [3.63, 3.8) is 0 Å². The molecular formula is C26H21F5N4O7S2. The summed E-state index contributed by atoms with van der Waals surface area (Å²) in [4.78, 5) is 27.4. The maximum atomic E-state index is 13.7. The van der Waals surface area contributed by atoms with E-state index in [2.05, 4.69) is 14.7 Å². The van der Waals surface area contributed by atoms with Crippen LogP contribution < -0.4 is 9.44 Å². The monoisotopic (exact) mass is 660 g/mol. The van der Waals surface area contributed by atoms with E-state index in [1.165, 1.54) is 0 Å². The first-order valence-electron chi connectivity index (χ1n) is 12.3. The molecule has 5 rings (SSSR count). The second-order valence-corrected chi connectivity index (χ2v) is 13.0. The first-order chi connectivity index (χ1) is 20.4. The molecule has 1 unspecified atom stereocenters. The Balaban J connectivity index is 0.000000566. The smallest absolute Gasteiger partial charge is 0.475 e. The molecule has 1 fully saturated rings. The lowest BCUT2D eigenvalue weighted by Gasteiger charge is -2.18. The highest BCUT2D eigenvalue weighted by Gasteiger charge is 2.39. The van der Waals surface area contributed by atoms with Crippen LogP contribution in [0.5, 0.6) is 0 Å². The fourth-order valence-corrected chi connectivity index (χ4v) is 6.89. The number of carbonyl (C=O) groups is 2. The predicted molar refractivity (Wildman–Crippen MR) is 144 cm³/mol. The van der Waals surface area contributed by atoms with E-state index in [1.807, 2.05) is 4.72 Å². The zero-order valence-corrected chi connectivity index (χ0v) is 23.6. The fourth-order valence-electron chi connectivity index (χ4n) is 4.22. The van der Waals surface area contributed by atoms with E-state index in [-0.39, 0.29) is 18.7 Å². The summed E-state index contributed by atoms with van der Waals surface area (Å²) in [5.74, 6) is -5.13. The number of imidazole rings is 1. The maximum Gasteiger partial charge on any atom is 0.490 e. The molecular weight excluding hydrogens is 639 g/mol. The number of carboxylic acids is 1. The molecule has 1 aromatic heterocycles. The van der Waals surface area contributed by atoms with Gasteiger partial charge >= 0.3 is 12.1 Å². The number of rotatable bonds is 7. The predicted octanol–water partition coefficient (Wildman–Crippen LogP) is 3.63. The van der Waals surface area contributed by atoms with Gasteiger partial charge in [0.05, 0.1) is 28.4 Å².